The van der Waals surface area contributed by atoms with E-state index in [2.05, 4.69) is 46.1 Å². The maximum atomic E-state index is 13.2. The Bertz CT molecular complexity index is 1840. The van der Waals surface area contributed by atoms with Crippen molar-refractivity contribution in [3.63, 3.8) is 0 Å². The topological polar surface area (TPSA) is 83.4 Å². The molecule has 13 heteroatoms. The zero-order chi connectivity index (χ0) is 35.9. The van der Waals surface area contributed by atoms with Crippen LogP contribution in [0, 0.1) is 17.8 Å². The van der Waals surface area contributed by atoms with E-state index in [1.807, 2.05) is 11.6 Å². The van der Waals surface area contributed by atoms with Crippen LogP contribution in [0.1, 0.15) is 57.1 Å². The van der Waals surface area contributed by atoms with E-state index in [-0.39, 0.29) is 36.9 Å². The molecule has 3 N–H and O–H groups in total. The van der Waals surface area contributed by atoms with Gasteiger partial charge in [0, 0.05) is 50.5 Å². The summed E-state index contributed by atoms with van der Waals surface area (Å²) in [7, 11) is 1.92. The molecule has 1 saturated heterocycles. The molecule has 0 radical (unpaired) electrons. The highest BCUT2D eigenvalue weighted by atomic mass is 35.5. The van der Waals surface area contributed by atoms with Gasteiger partial charge in [-0.3, -0.25) is 4.79 Å². The number of benzene rings is 2. The summed E-state index contributed by atoms with van der Waals surface area (Å²) in [4.78, 5) is 20.0. The number of ether oxygens (including phenoxy) is 1. The molecule has 2 saturated carbocycles. The fraction of sp³-hybridized carbons (Fsp3) is 0.459. The molecule has 8 nitrogen and oxygen atoms in total. The lowest BCUT2D eigenvalue weighted by molar-refractivity contribution is -0.182. The number of nitrogens with one attached hydrogen (secondary N) is 3. The Morgan fingerprint density at radius 1 is 1.06 bits per heavy atom. The van der Waals surface area contributed by atoms with E-state index >= 15 is 0 Å². The van der Waals surface area contributed by atoms with Gasteiger partial charge in [0.05, 0.1) is 38.4 Å². The number of piperidine rings is 1. The minimum absolute atomic E-state index is 0.0422. The first-order valence-corrected chi connectivity index (χ1v) is 17.7. The molecular weight excluding hydrogens is 688 g/mol. The summed E-state index contributed by atoms with van der Waals surface area (Å²) >= 11 is 13.5. The highest BCUT2D eigenvalue weighted by Crippen LogP contribution is 2.47. The first kappa shape index (κ1) is 36.1. The molecule has 3 fully saturated rings. The standard InChI is InChI=1S/C37H43Cl2F3N6O2/c1-20(2)50-22(4)12-21(3)35(49)44-16-23-6-11-29(38)34(33(23)39)46-36-45-30-14-24(17-43-28-9-7-27(8-10-28)37(40,41)42)31(15-32(30)47(36)5)48-18-25-13-26(25)19-48/h6,11-12,14-15,25-28,43H,1,3,7-10,13,16-19H2,2,4-5H3,(H,44,49)(H,45,46). The van der Waals surface area contributed by atoms with Crippen LogP contribution in [0.2, 0.25) is 10.0 Å². The van der Waals surface area contributed by atoms with E-state index in [1.54, 1.807) is 26.0 Å². The van der Waals surface area contributed by atoms with E-state index < -0.39 is 12.1 Å². The van der Waals surface area contributed by atoms with Gasteiger partial charge in [0.25, 0.3) is 5.91 Å². The van der Waals surface area contributed by atoms with Gasteiger partial charge in [-0.1, -0.05) is 42.4 Å². The Morgan fingerprint density at radius 2 is 1.76 bits per heavy atom. The van der Waals surface area contributed by atoms with Crippen LogP contribution < -0.4 is 20.9 Å². The summed E-state index contributed by atoms with van der Waals surface area (Å²) in [5.74, 6) is 1.40. The number of carbonyl (C=O) groups is 1. The summed E-state index contributed by atoms with van der Waals surface area (Å²) in [6.45, 7) is 13.6. The number of aromatic nitrogens is 2. The largest absolute Gasteiger partial charge is 0.467 e. The molecule has 1 aliphatic heterocycles. The van der Waals surface area contributed by atoms with Gasteiger partial charge in [-0.15, -0.1) is 0 Å². The number of nitrogens with zero attached hydrogens (tertiary/aromatic N) is 3. The molecule has 2 aromatic carbocycles. The summed E-state index contributed by atoms with van der Waals surface area (Å²) < 4.78 is 47.1. The van der Waals surface area contributed by atoms with Crippen molar-refractivity contribution in [2.45, 2.75) is 71.3 Å². The number of alkyl halides is 3. The smallest absolute Gasteiger partial charge is 0.391 e. The molecule has 2 aliphatic carbocycles. The van der Waals surface area contributed by atoms with Crippen molar-refractivity contribution in [1.29, 1.82) is 0 Å². The Hall–Kier alpha value is -3.67. The van der Waals surface area contributed by atoms with Gasteiger partial charge < -0.3 is 30.2 Å². The van der Waals surface area contributed by atoms with Gasteiger partial charge in [0.2, 0.25) is 5.95 Å². The number of halogens is 5. The molecule has 50 heavy (non-hydrogen) atoms. The maximum absolute atomic E-state index is 13.2. The predicted octanol–water partition coefficient (Wildman–Crippen LogP) is 8.92. The second-order valence-electron chi connectivity index (χ2n) is 13.9. The number of allylic oxidation sites excluding steroid dienone is 2. The van der Waals surface area contributed by atoms with E-state index in [4.69, 9.17) is 32.9 Å². The molecular formula is C37H43Cl2F3N6O2. The zero-order valence-electron chi connectivity index (χ0n) is 28.5. The molecule has 2 unspecified atom stereocenters. The third kappa shape index (κ3) is 8.11. The van der Waals surface area contributed by atoms with Crippen LogP contribution in [-0.2, 0) is 29.7 Å². The van der Waals surface area contributed by atoms with Crippen LogP contribution in [0.3, 0.4) is 0 Å². The van der Waals surface area contributed by atoms with Crippen molar-refractivity contribution in [2.75, 3.05) is 23.3 Å². The van der Waals surface area contributed by atoms with Gasteiger partial charge in [0.1, 0.15) is 5.76 Å². The van der Waals surface area contributed by atoms with Gasteiger partial charge in [-0.05, 0) is 93.2 Å². The lowest BCUT2D eigenvalue weighted by Crippen LogP contribution is -2.37. The summed E-state index contributed by atoms with van der Waals surface area (Å²) in [6.07, 6.45) is 0.0232. The van der Waals surface area contributed by atoms with Crippen LogP contribution in [0.4, 0.5) is 30.5 Å². The molecule has 2 heterocycles. The Balaban J connectivity index is 1.19. The first-order valence-electron chi connectivity index (χ1n) is 16.9. The van der Waals surface area contributed by atoms with Crippen LogP contribution in [0.5, 0.6) is 0 Å². The second-order valence-corrected chi connectivity index (χ2v) is 14.7. The molecule has 0 spiro atoms. The Morgan fingerprint density at radius 3 is 2.42 bits per heavy atom. The summed E-state index contributed by atoms with van der Waals surface area (Å²) in [5, 5.41) is 10.4. The molecule has 3 aromatic rings. The van der Waals surface area contributed by atoms with Crippen molar-refractivity contribution < 1.29 is 22.7 Å². The number of fused-ring (bicyclic) bond motifs is 2. The van der Waals surface area contributed by atoms with Crippen molar-refractivity contribution >= 4 is 57.5 Å². The zero-order valence-corrected chi connectivity index (χ0v) is 30.0. The highest BCUT2D eigenvalue weighted by Gasteiger charge is 2.45. The van der Waals surface area contributed by atoms with E-state index in [1.165, 1.54) is 12.5 Å². The SMILES string of the molecule is C=C(C)OC(C)=CC(=C)C(=O)NCc1ccc(Cl)c(Nc2nc3cc(CNC4CCC(C(F)(F)F)CC4)c(N4CC5CC5C4)cc3n2C)c1Cl. The van der Waals surface area contributed by atoms with Crippen molar-refractivity contribution in [3.05, 3.63) is 81.8 Å². The number of hydrogen-bond donors (Lipinski definition) is 3. The molecule has 0 bridgehead atoms. The fourth-order valence-corrected chi connectivity index (χ4v) is 7.69. The Labute approximate surface area is 300 Å². The average molecular weight is 732 g/mol. The Kier molecular flexibility index (Phi) is 10.5. The molecule has 268 valence electrons. The quantitative estimate of drug-likeness (QED) is 0.0981. The number of aryl methyl sites for hydroxylation is 1. The molecule has 2 atom stereocenters. The lowest BCUT2D eigenvalue weighted by Gasteiger charge is -2.31. The van der Waals surface area contributed by atoms with Gasteiger partial charge in [-0.2, -0.15) is 13.2 Å². The third-order valence-corrected chi connectivity index (χ3v) is 10.8. The predicted molar refractivity (Wildman–Crippen MR) is 194 cm³/mol. The molecule has 1 aromatic heterocycles. The minimum atomic E-state index is -4.12. The van der Waals surface area contributed by atoms with Crippen LogP contribution in [0.25, 0.3) is 11.0 Å². The first-order chi connectivity index (χ1) is 23.7. The summed E-state index contributed by atoms with van der Waals surface area (Å²) in [6, 6.07) is 7.74. The van der Waals surface area contributed by atoms with Crippen molar-refractivity contribution in [3.8, 4) is 0 Å². The van der Waals surface area contributed by atoms with Crippen LogP contribution >= 0.6 is 23.2 Å². The number of carbonyl (C=O) groups excluding carboxylic acids is 1. The third-order valence-electron chi connectivity index (χ3n) is 10.0. The summed E-state index contributed by atoms with van der Waals surface area (Å²) in [5.41, 5.74) is 5.22. The van der Waals surface area contributed by atoms with E-state index in [9.17, 15) is 18.0 Å². The van der Waals surface area contributed by atoms with Crippen LogP contribution in [0.15, 0.2) is 60.6 Å². The van der Waals surface area contributed by atoms with E-state index in [0.717, 1.165) is 47.2 Å². The molecule has 3 aliphatic rings. The maximum Gasteiger partial charge on any atom is 0.391 e. The van der Waals surface area contributed by atoms with Gasteiger partial charge >= 0.3 is 6.18 Å². The normalized spacial score (nSPS) is 22.0. The van der Waals surface area contributed by atoms with Crippen LogP contribution in [-0.4, -0.2) is 40.8 Å². The molecule has 1 amide bonds. The fourth-order valence-electron chi connectivity index (χ4n) is 7.16. The van der Waals surface area contributed by atoms with Gasteiger partial charge in [0.15, 0.2) is 0 Å². The average Bonchev–Trinajstić information content (AvgIpc) is 3.54. The van der Waals surface area contributed by atoms with E-state index in [0.29, 0.717) is 58.1 Å². The second kappa shape index (κ2) is 14.5. The lowest BCUT2D eigenvalue weighted by atomic mass is 9.85. The molecule has 6 rings (SSSR count). The van der Waals surface area contributed by atoms with Crippen molar-refractivity contribution in [1.82, 2.24) is 20.2 Å². The number of rotatable bonds is 12. The highest BCUT2D eigenvalue weighted by molar-refractivity contribution is 6.39. The van der Waals surface area contributed by atoms with Crippen molar-refractivity contribution in [2.24, 2.45) is 24.8 Å². The monoisotopic (exact) mass is 730 g/mol. The number of imidazole rings is 1. The number of amides is 1. The van der Waals surface area contributed by atoms with Gasteiger partial charge in [-0.25, -0.2) is 4.98 Å². The number of anilines is 3. The minimum Gasteiger partial charge on any atom is -0.467 e. The number of hydrogen-bond acceptors (Lipinski definition) is 6.